The molecular formula is C14H21N3O. The van der Waals surface area contributed by atoms with Gasteiger partial charge in [0.25, 0.3) is 0 Å². The molecule has 1 aromatic heterocycles. The van der Waals surface area contributed by atoms with Gasteiger partial charge in [0.05, 0.1) is 12.2 Å². The second-order valence-electron chi connectivity index (χ2n) is 5.99. The predicted molar refractivity (Wildman–Crippen MR) is 71.3 cm³/mol. The number of nitrogens with one attached hydrogen (secondary N) is 1. The summed E-state index contributed by atoms with van der Waals surface area (Å²) in [6.45, 7) is 10.00. The van der Waals surface area contributed by atoms with Crippen LogP contribution in [0.1, 0.15) is 45.2 Å². The molecular weight excluding hydrogens is 226 g/mol. The highest BCUT2D eigenvalue weighted by Gasteiger charge is 2.32. The third kappa shape index (κ3) is 2.63. The van der Waals surface area contributed by atoms with E-state index in [0.717, 1.165) is 12.8 Å². The molecule has 1 heterocycles. The smallest absolute Gasteiger partial charge is 0.243 e. The lowest BCUT2D eigenvalue weighted by molar-refractivity contribution is -0.117. The third-order valence-electron chi connectivity index (χ3n) is 3.49. The van der Waals surface area contributed by atoms with E-state index in [1.165, 1.54) is 11.6 Å². The number of aromatic nitrogens is 2. The number of hydrogen-bond donors (Lipinski definition) is 1. The quantitative estimate of drug-likeness (QED) is 0.832. The summed E-state index contributed by atoms with van der Waals surface area (Å²) in [6.07, 6.45) is 7.28. The third-order valence-corrected chi connectivity index (χ3v) is 3.49. The van der Waals surface area contributed by atoms with Gasteiger partial charge in [-0.15, -0.1) is 0 Å². The van der Waals surface area contributed by atoms with Gasteiger partial charge in [0.2, 0.25) is 5.91 Å². The predicted octanol–water partition coefficient (Wildman–Crippen LogP) is 2.19. The first-order valence-corrected chi connectivity index (χ1v) is 6.37. The summed E-state index contributed by atoms with van der Waals surface area (Å²) in [5, 5.41) is 7.33. The van der Waals surface area contributed by atoms with Gasteiger partial charge in [0, 0.05) is 12.2 Å². The lowest BCUT2D eigenvalue weighted by atomic mass is 9.86. The van der Waals surface area contributed by atoms with Crippen molar-refractivity contribution in [3.8, 4) is 0 Å². The van der Waals surface area contributed by atoms with Gasteiger partial charge in [-0.05, 0) is 29.9 Å². The second kappa shape index (κ2) is 4.59. The Kier molecular flexibility index (Phi) is 3.28. The summed E-state index contributed by atoms with van der Waals surface area (Å²) in [5.41, 5.74) is 1.39. The molecule has 1 amide bonds. The van der Waals surface area contributed by atoms with E-state index in [9.17, 15) is 4.79 Å². The monoisotopic (exact) mass is 247 g/mol. The fourth-order valence-electron chi connectivity index (χ4n) is 2.11. The van der Waals surface area contributed by atoms with Crippen molar-refractivity contribution in [2.75, 3.05) is 0 Å². The molecule has 4 heteroatoms. The molecule has 1 aliphatic carbocycles. The summed E-state index contributed by atoms with van der Waals surface area (Å²) in [4.78, 5) is 11.1. The normalized spacial score (nSPS) is 23.3. The van der Waals surface area contributed by atoms with Crippen LogP contribution in [0.15, 0.2) is 25.0 Å². The van der Waals surface area contributed by atoms with Crippen LogP contribution < -0.4 is 5.32 Å². The molecule has 0 spiro atoms. The van der Waals surface area contributed by atoms with Gasteiger partial charge in [-0.2, -0.15) is 5.10 Å². The van der Waals surface area contributed by atoms with Crippen LogP contribution in [0, 0.1) is 0 Å². The molecule has 0 radical (unpaired) electrons. The highest BCUT2D eigenvalue weighted by molar-refractivity contribution is 5.87. The van der Waals surface area contributed by atoms with Crippen LogP contribution in [0.3, 0.4) is 0 Å². The largest absolute Gasteiger partial charge is 0.350 e. The minimum atomic E-state index is -0.0886. The number of hydrogen-bond acceptors (Lipinski definition) is 2. The summed E-state index contributed by atoms with van der Waals surface area (Å²) in [7, 11) is 0. The van der Waals surface area contributed by atoms with E-state index in [1.54, 1.807) is 0 Å². The van der Waals surface area contributed by atoms with E-state index >= 15 is 0 Å². The molecule has 4 nitrogen and oxygen atoms in total. The Hall–Kier alpha value is -1.58. The lowest BCUT2D eigenvalue weighted by Gasteiger charge is -2.35. The van der Waals surface area contributed by atoms with Crippen LogP contribution >= 0.6 is 0 Å². The van der Waals surface area contributed by atoms with Crippen molar-refractivity contribution in [1.82, 2.24) is 15.1 Å². The molecule has 0 aromatic carbocycles. The average molecular weight is 247 g/mol. The average Bonchev–Trinajstić information content (AvgIpc) is 2.70. The SMILES string of the molecule is C=CC(=O)NC1CC(n2cc(C(C)(C)C)cn2)C1. The van der Waals surface area contributed by atoms with Crippen LogP contribution in [0.4, 0.5) is 0 Å². The van der Waals surface area contributed by atoms with Gasteiger partial charge < -0.3 is 5.32 Å². The van der Waals surface area contributed by atoms with E-state index in [1.807, 2.05) is 10.9 Å². The van der Waals surface area contributed by atoms with E-state index < -0.39 is 0 Å². The van der Waals surface area contributed by atoms with Gasteiger partial charge in [-0.25, -0.2) is 0 Å². The van der Waals surface area contributed by atoms with Crippen LogP contribution in [0.5, 0.6) is 0 Å². The van der Waals surface area contributed by atoms with Gasteiger partial charge in [0.1, 0.15) is 0 Å². The van der Waals surface area contributed by atoms with Gasteiger partial charge >= 0.3 is 0 Å². The van der Waals surface area contributed by atoms with Crippen LogP contribution in [0.25, 0.3) is 0 Å². The van der Waals surface area contributed by atoms with Crippen LogP contribution in [-0.4, -0.2) is 21.7 Å². The zero-order valence-corrected chi connectivity index (χ0v) is 11.3. The Morgan fingerprint density at radius 3 is 2.72 bits per heavy atom. The Balaban J connectivity index is 1.91. The number of rotatable bonds is 3. The van der Waals surface area contributed by atoms with Gasteiger partial charge in [-0.1, -0.05) is 27.4 Å². The van der Waals surface area contributed by atoms with E-state index in [-0.39, 0.29) is 17.4 Å². The highest BCUT2D eigenvalue weighted by Crippen LogP contribution is 2.33. The molecule has 0 unspecified atom stereocenters. The number of nitrogens with zero attached hydrogens (tertiary/aromatic N) is 2. The van der Waals surface area contributed by atoms with E-state index in [4.69, 9.17) is 0 Å². The molecule has 1 aromatic rings. The first-order valence-electron chi connectivity index (χ1n) is 6.37. The van der Waals surface area contributed by atoms with E-state index in [2.05, 4.69) is 44.0 Å². The molecule has 1 N–H and O–H groups in total. The number of amides is 1. The molecule has 0 aliphatic heterocycles. The molecule has 1 aliphatic rings. The molecule has 18 heavy (non-hydrogen) atoms. The molecule has 98 valence electrons. The van der Waals surface area contributed by atoms with Gasteiger partial charge in [-0.3, -0.25) is 9.48 Å². The minimum Gasteiger partial charge on any atom is -0.350 e. The molecule has 1 fully saturated rings. The minimum absolute atomic E-state index is 0.0886. The van der Waals surface area contributed by atoms with Crippen molar-refractivity contribution in [3.63, 3.8) is 0 Å². The standard InChI is InChI=1S/C14H21N3O/c1-5-13(18)16-11-6-12(7-11)17-9-10(8-15-17)14(2,3)4/h5,8-9,11-12H,1,6-7H2,2-4H3,(H,16,18). The maximum atomic E-state index is 11.1. The lowest BCUT2D eigenvalue weighted by Crippen LogP contribution is -2.44. The molecule has 0 saturated heterocycles. The number of carbonyl (C=O) groups excluding carboxylic acids is 1. The van der Waals surface area contributed by atoms with Crippen molar-refractivity contribution >= 4 is 5.91 Å². The van der Waals surface area contributed by atoms with Crippen molar-refractivity contribution in [2.24, 2.45) is 0 Å². The fraction of sp³-hybridized carbons (Fsp3) is 0.571. The summed E-state index contributed by atoms with van der Waals surface area (Å²) in [6, 6.07) is 0.680. The maximum Gasteiger partial charge on any atom is 0.243 e. The Labute approximate surface area is 108 Å². The molecule has 0 atom stereocenters. The zero-order chi connectivity index (χ0) is 13.3. The van der Waals surface area contributed by atoms with Crippen molar-refractivity contribution in [1.29, 1.82) is 0 Å². The Bertz CT molecular complexity index is 450. The second-order valence-corrected chi connectivity index (χ2v) is 5.99. The zero-order valence-electron chi connectivity index (χ0n) is 11.3. The fourth-order valence-corrected chi connectivity index (χ4v) is 2.11. The summed E-state index contributed by atoms with van der Waals surface area (Å²) >= 11 is 0. The highest BCUT2D eigenvalue weighted by atomic mass is 16.1. The van der Waals surface area contributed by atoms with Crippen molar-refractivity contribution < 1.29 is 4.79 Å². The van der Waals surface area contributed by atoms with Gasteiger partial charge in [0.15, 0.2) is 0 Å². The summed E-state index contributed by atoms with van der Waals surface area (Å²) < 4.78 is 2.02. The van der Waals surface area contributed by atoms with Crippen LogP contribution in [0.2, 0.25) is 0 Å². The molecule has 2 rings (SSSR count). The van der Waals surface area contributed by atoms with Crippen molar-refractivity contribution in [2.45, 2.75) is 51.1 Å². The maximum absolute atomic E-state index is 11.1. The van der Waals surface area contributed by atoms with Crippen LogP contribution in [-0.2, 0) is 10.2 Å². The first kappa shape index (κ1) is 12.9. The summed E-state index contributed by atoms with van der Waals surface area (Å²) in [5.74, 6) is -0.0886. The Morgan fingerprint density at radius 2 is 2.22 bits per heavy atom. The number of carbonyl (C=O) groups is 1. The molecule has 1 saturated carbocycles. The topological polar surface area (TPSA) is 46.9 Å². The van der Waals surface area contributed by atoms with E-state index in [0.29, 0.717) is 6.04 Å². The first-order chi connectivity index (χ1) is 8.40. The molecule has 0 bridgehead atoms. The van der Waals surface area contributed by atoms with Crippen molar-refractivity contribution in [3.05, 3.63) is 30.6 Å². The Morgan fingerprint density at radius 1 is 1.56 bits per heavy atom.